The molecule has 0 aliphatic rings. The quantitative estimate of drug-likeness (QED) is 0.500. The topological polar surface area (TPSA) is 111 Å². The fraction of sp³-hybridized carbons (Fsp3) is 0.100. The Morgan fingerprint density at radius 2 is 2.00 bits per heavy atom. The second kappa shape index (κ2) is 8.26. The van der Waals surface area contributed by atoms with E-state index in [1.165, 1.54) is 6.26 Å². The fourth-order valence-electron chi connectivity index (χ4n) is 2.65. The molecule has 146 valence electrons. The molecule has 0 unspecified atom stereocenters. The van der Waals surface area contributed by atoms with Gasteiger partial charge in [-0.2, -0.15) is 0 Å². The normalized spacial score (nSPS) is 10.6. The van der Waals surface area contributed by atoms with Crippen molar-refractivity contribution in [3.63, 3.8) is 0 Å². The molecular weight excluding hydrogens is 374 g/mol. The van der Waals surface area contributed by atoms with E-state index in [0.717, 1.165) is 0 Å². The van der Waals surface area contributed by atoms with E-state index in [2.05, 4.69) is 20.8 Å². The van der Waals surface area contributed by atoms with E-state index >= 15 is 0 Å². The third-order valence-corrected chi connectivity index (χ3v) is 4.03. The maximum Gasteiger partial charge on any atom is 0.291 e. The SMILES string of the molecule is O=C(COc1cccc(NC(=O)c2ccco2)c1)NCc1nnc2ccccn12. The predicted octanol–water partition coefficient (Wildman–Crippen LogP) is 2.27. The molecule has 29 heavy (non-hydrogen) atoms. The number of nitrogens with zero attached hydrogens (tertiary/aromatic N) is 3. The highest BCUT2D eigenvalue weighted by atomic mass is 16.5. The zero-order chi connectivity index (χ0) is 20.1. The van der Waals surface area contributed by atoms with Crippen LogP contribution in [0, 0.1) is 0 Å². The Balaban J connectivity index is 1.29. The molecule has 0 radical (unpaired) electrons. The van der Waals surface area contributed by atoms with Crippen molar-refractivity contribution in [1.82, 2.24) is 19.9 Å². The summed E-state index contributed by atoms with van der Waals surface area (Å²) >= 11 is 0. The third kappa shape index (κ3) is 4.41. The molecule has 0 aliphatic heterocycles. The summed E-state index contributed by atoms with van der Waals surface area (Å²) in [6.07, 6.45) is 3.26. The van der Waals surface area contributed by atoms with Crippen LogP contribution in [0.25, 0.3) is 5.65 Å². The van der Waals surface area contributed by atoms with Gasteiger partial charge in [-0.15, -0.1) is 10.2 Å². The number of carbonyl (C=O) groups excluding carboxylic acids is 2. The number of benzene rings is 1. The van der Waals surface area contributed by atoms with Crippen LogP contribution in [-0.4, -0.2) is 33.0 Å². The van der Waals surface area contributed by atoms with Gasteiger partial charge in [-0.1, -0.05) is 12.1 Å². The van der Waals surface area contributed by atoms with Crippen molar-refractivity contribution in [1.29, 1.82) is 0 Å². The summed E-state index contributed by atoms with van der Waals surface area (Å²) < 4.78 is 12.4. The van der Waals surface area contributed by atoms with Gasteiger partial charge in [-0.25, -0.2) is 0 Å². The zero-order valence-corrected chi connectivity index (χ0v) is 15.2. The molecule has 0 saturated heterocycles. The second-order valence-electron chi connectivity index (χ2n) is 6.07. The second-order valence-corrected chi connectivity index (χ2v) is 6.07. The van der Waals surface area contributed by atoms with E-state index in [-0.39, 0.29) is 30.7 Å². The van der Waals surface area contributed by atoms with Crippen molar-refractivity contribution >= 4 is 23.1 Å². The molecule has 0 saturated carbocycles. The predicted molar refractivity (Wildman–Crippen MR) is 103 cm³/mol. The van der Waals surface area contributed by atoms with Crippen LogP contribution in [0.5, 0.6) is 5.75 Å². The lowest BCUT2D eigenvalue weighted by Gasteiger charge is -2.09. The molecule has 3 aromatic heterocycles. The minimum Gasteiger partial charge on any atom is -0.484 e. The molecule has 0 atom stereocenters. The number of carbonyl (C=O) groups is 2. The van der Waals surface area contributed by atoms with Gasteiger partial charge in [0.1, 0.15) is 5.75 Å². The van der Waals surface area contributed by atoms with E-state index in [1.54, 1.807) is 40.8 Å². The van der Waals surface area contributed by atoms with Gasteiger partial charge < -0.3 is 19.8 Å². The van der Waals surface area contributed by atoms with Crippen molar-refractivity contribution in [2.45, 2.75) is 6.54 Å². The Kier molecular flexibility index (Phi) is 5.19. The van der Waals surface area contributed by atoms with Crippen LogP contribution in [-0.2, 0) is 11.3 Å². The number of furan rings is 1. The van der Waals surface area contributed by atoms with Gasteiger partial charge in [-0.05, 0) is 36.4 Å². The van der Waals surface area contributed by atoms with Crippen molar-refractivity contribution in [2.24, 2.45) is 0 Å². The van der Waals surface area contributed by atoms with Crippen LogP contribution < -0.4 is 15.4 Å². The standard InChI is InChI=1S/C20H17N5O4/c26-19(21-12-18-24-23-17-8-1-2-9-25(17)18)13-29-15-6-3-5-14(11-15)22-20(27)16-7-4-10-28-16/h1-11H,12-13H2,(H,21,26)(H,22,27). The molecule has 9 nitrogen and oxygen atoms in total. The van der Waals surface area contributed by atoms with E-state index in [4.69, 9.17) is 9.15 Å². The summed E-state index contributed by atoms with van der Waals surface area (Å²) in [5.74, 6) is 0.603. The Hall–Kier alpha value is -4.14. The van der Waals surface area contributed by atoms with Gasteiger partial charge >= 0.3 is 0 Å². The Labute approximate surface area is 165 Å². The highest BCUT2D eigenvalue weighted by Crippen LogP contribution is 2.18. The number of hydrogen-bond acceptors (Lipinski definition) is 6. The molecule has 3 heterocycles. The van der Waals surface area contributed by atoms with Crippen molar-refractivity contribution in [3.05, 3.63) is 78.6 Å². The third-order valence-electron chi connectivity index (χ3n) is 4.03. The maximum absolute atomic E-state index is 12.1. The number of rotatable bonds is 7. The van der Waals surface area contributed by atoms with E-state index in [0.29, 0.717) is 22.9 Å². The first kappa shape index (κ1) is 18.2. The molecule has 0 fully saturated rings. The lowest BCUT2D eigenvalue weighted by Crippen LogP contribution is -2.29. The number of ether oxygens (including phenoxy) is 1. The molecule has 2 amide bonds. The molecular formula is C20H17N5O4. The minimum atomic E-state index is -0.370. The van der Waals surface area contributed by atoms with Crippen LogP contribution in [0.15, 0.2) is 71.5 Å². The monoisotopic (exact) mass is 391 g/mol. The van der Waals surface area contributed by atoms with Gasteiger partial charge in [0, 0.05) is 18.0 Å². The first-order chi connectivity index (χ1) is 14.2. The Morgan fingerprint density at radius 3 is 2.86 bits per heavy atom. The molecule has 9 heteroatoms. The number of aromatic nitrogens is 3. The highest BCUT2D eigenvalue weighted by molar-refractivity contribution is 6.02. The summed E-state index contributed by atoms with van der Waals surface area (Å²) in [7, 11) is 0. The van der Waals surface area contributed by atoms with Crippen LogP contribution in [0.1, 0.15) is 16.4 Å². The average Bonchev–Trinajstić information content (AvgIpc) is 3.41. The number of hydrogen-bond donors (Lipinski definition) is 2. The summed E-state index contributed by atoms with van der Waals surface area (Å²) in [6.45, 7) is 0.0545. The lowest BCUT2D eigenvalue weighted by molar-refractivity contribution is -0.123. The fourth-order valence-corrected chi connectivity index (χ4v) is 2.65. The average molecular weight is 391 g/mol. The Morgan fingerprint density at radius 1 is 1.07 bits per heavy atom. The molecule has 1 aromatic carbocycles. The number of anilines is 1. The number of amides is 2. The molecule has 4 rings (SSSR count). The molecule has 0 bridgehead atoms. The number of nitrogens with one attached hydrogen (secondary N) is 2. The van der Waals surface area contributed by atoms with Gasteiger partial charge in [0.05, 0.1) is 12.8 Å². The smallest absolute Gasteiger partial charge is 0.291 e. The molecule has 0 spiro atoms. The lowest BCUT2D eigenvalue weighted by atomic mass is 10.3. The number of pyridine rings is 1. The molecule has 0 aliphatic carbocycles. The van der Waals surface area contributed by atoms with Crippen LogP contribution in [0.4, 0.5) is 5.69 Å². The summed E-state index contributed by atoms with van der Waals surface area (Å²) in [5, 5.41) is 13.5. The molecule has 4 aromatic rings. The van der Waals surface area contributed by atoms with Gasteiger partial charge in [0.15, 0.2) is 23.8 Å². The van der Waals surface area contributed by atoms with Crippen LogP contribution in [0.2, 0.25) is 0 Å². The van der Waals surface area contributed by atoms with Gasteiger partial charge in [0.2, 0.25) is 0 Å². The maximum atomic E-state index is 12.1. The zero-order valence-electron chi connectivity index (χ0n) is 15.2. The Bertz CT molecular complexity index is 1140. The summed E-state index contributed by atoms with van der Waals surface area (Å²) in [6, 6.07) is 15.5. The van der Waals surface area contributed by atoms with E-state index in [1.807, 2.05) is 24.4 Å². The van der Waals surface area contributed by atoms with E-state index in [9.17, 15) is 9.59 Å². The summed E-state index contributed by atoms with van der Waals surface area (Å²) in [4.78, 5) is 24.1. The van der Waals surface area contributed by atoms with Crippen molar-refractivity contribution < 1.29 is 18.7 Å². The largest absolute Gasteiger partial charge is 0.484 e. The summed E-state index contributed by atoms with van der Waals surface area (Å²) in [5.41, 5.74) is 1.24. The minimum absolute atomic E-state index is 0.174. The van der Waals surface area contributed by atoms with E-state index < -0.39 is 0 Å². The van der Waals surface area contributed by atoms with Crippen molar-refractivity contribution in [3.8, 4) is 5.75 Å². The van der Waals surface area contributed by atoms with Gasteiger partial charge in [-0.3, -0.25) is 14.0 Å². The molecule has 2 N–H and O–H groups in total. The highest BCUT2D eigenvalue weighted by Gasteiger charge is 2.10. The van der Waals surface area contributed by atoms with Crippen LogP contribution in [0.3, 0.4) is 0 Å². The van der Waals surface area contributed by atoms with Crippen molar-refractivity contribution in [2.75, 3.05) is 11.9 Å². The van der Waals surface area contributed by atoms with Crippen LogP contribution >= 0.6 is 0 Å². The first-order valence-corrected chi connectivity index (χ1v) is 8.82. The number of fused-ring (bicyclic) bond motifs is 1. The van der Waals surface area contributed by atoms with Gasteiger partial charge in [0.25, 0.3) is 11.8 Å². The first-order valence-electron chi connectivity index (χ1n) is 8.82.